The van der Waals surface area contributed by atoms with Gasteiger partial charge in [-0.15, -0.1) is 0 Å². The lowest BCUT2D eigenvalue weighted by Crippen LogP contribution is -2.47. The molecule has 0 bridgehead atoms. The molecule has 1 aliphatic heterocycles. The molecule has 1 N–H and O–H groups in total. The molecule has 0 aliphatic carbocycles. The summed E-state index contributed by atoms with van der Waals surface area (Å²) in [6, 6.07) is 5.25. The van der Waals surface area contributed by atoms with Crippen molar-refractivity contribution in [3.8, 4) is 0 Å². The Kier molecular flexibility index (Phi) is 8.26. The summed E-state index contributed by atoms with van der Waals surface area (Å²) in [6.07, 6.45) is 3.04. The highest BCUT2D eigenvalue weighted by Gasteiger charge is 2.26. The van der Waals surface area contributed by atoms with Gasteiger partial charge in [-0.05, 0) is 43.5 Å². The third kappa shape index (κ3) is 6.02. The lowest BCUT2D eigenvalue weighted by atomic mass is 10.1. The summed E-state index contributed by atoms with van der Waals surface area (Å²) in [5.74, 6) is 0.0345. The van der Waals surface area contributed by atoms with Gasteiger partial charge < -0.3 is 10.2 Å². The van der Waals surface area contributed by atoms with Gasteiger partial charge in [-0.25, -0.2) is 8.42 Å². The van der Waals surface area contributed by atoms with Gasteiger partial charge in [0.2, 0.25) is 15.9 Å². The summed E-state index contributed by atoms with van der Waals surface area (Å²) >= 11 is 0. The number of carbonyl (C=O) groups excluding carboxylic acids is 1. The molecule has 1 heterocycles. The van der Waals surface area contributed by atoms with Gasteiger partial charge in [0.1, 0.15) is 0 Å². The minimum Gasteiger partial charge on any atom is -0.340 e. The average Bonchev–Trinajstić information content (AvgIpc) is 2.66. The van der Waals surface area contributed by atoms with Crippen molar-refractivity contribution in [3.63, 3.8) is 0 Å². The molecule has 1 aromatic rings. The van der Waals surface area contributed by atoms with E-state index >= 15 is 0 Å². The summed E-state index contributed by atoms with van der Waals surface area (Å²) in [6.45, 7) is 9.66. The van der Waals surface area contributed by atoms with Crippen LogP contribution in [-0.2, 0) is 14.8 Å². The number of carbonyl (C=O) groups is 1. The van der Waals surface area contributed by atoms with E-state index in [2.05, 4.69) is 12.2 Å². The molecule has 7 heteroatoms. The lowest BCUT2D eigenvalue weighted by Gasteiger charge is -2.29. The Balaban J connectivity index is 2.11. The van der Waals surface area contributed by atoms with Crippen LogP contribution < -0.4 is 5.32 Å². The third-order valence-electron chi connectivity index (χ3n) is 5.17. The fourth-order valence-corrected chi connectivity index (χ4v) is 4.77. The summed E-state index contributed by atoms with van der Waals surface area (Å²) in [5, 5.41) is 3.22. The van der Waals surface area contributed by atoms with E-state index in [0.29, 0.717) is 24.5 Å². The van der Waals surface area contributed by atoms with Crippen molar-refractivity contribution in [1.29, 1.82) is 0 Å². The third-order valence-corrected chi connectivity index (χ3v) is 7.07. The Morgan fingerprint density at radius 2 is 1.81 bits per heavy atom. The molecule has 0 aromatic heterocycles. The van der Waals surface area contributed by atoms with E-state index < -0.39 is 10.0 Å². The maximum Gasteiger partial charge on any atom is 0.243 e. The minimum atomic E-state index is -3.60. The highest BCUT2D eigenvalue weighted by Crippen LogP contribution is 2.20. The average molecular weight is 396 g/mol. The zero-order chi connectivity index (χ0) is 19.9. The van der Waals surface area contributed by atoms with Gasteiger partial charge in [0.25, 0.3) is 0 Å². The van der Waals surface area contributed by atoms with Crippen LogP contribution in [0.2, 0.25) is 0 Å². The highest BCUT2D eigenvalue weighted by atomic mass is 32.2. The van der Waals surface area contributed by atoms with Crippen molar-refractivity contribution >= 4 is 15.9 Å². The van der Waals surface area contributed by atoms with Gasteiger partial charge in [0.15, 0.2) is 0 Å². The first-order valence-corrected chi connectivity index (χ1v) is 11.4. The fourth-order valence-electron chi connectivity index (χ4n) is 3.21. The summed E-state index contributed by atoms with van der Waals surface area (Å²) in [4.78, 5) is 14.6. The van der Waals surface area contributed by atoms with E-state index in [1.165, 1.54) is 4.31 Å². The Hall–Kier alpha value is -1.44. The molecule has 6 nitrogen and oxygen atoms in total. The van der Waals surface area contributed by atoms with E-state index in [-0.39, 0.29) is 18.9 Å². The van der Waals surface area contributed by atoms with Crippen LogP contribution in [-0.4, -0.2) is 62.8 Å². The molecule has 0 saturated carbocycles. The van der Waals surface area contributed by atoms with Crippen molar-refractivity contribution in [2.24, 2.45) is 0 Å². The Morgan fingerprint density at radius 1 is 1.11 bits per heavy atom. The molecule has 152 valence electrons. The molecule has 0 spiro atoms. The van der Waals surface area contributed by atoms with Crippen LogP contribution in [0.25, 0.3) is 0 Å². The van der Waals surface area contributed by atoms with Crippen molar-refractivity contribution in [3.05, 3.63) is 29.3 Å². The van der Waals surface area contributed by atoms with Gasteiger partial charge >= 0.3 is 0 Å². The molecule has 2 rings (SSSR count). The van der Waals surface area contributed by atoms with Crippen LogP contribution in [0.3, 0.4) is 0 Å². The topological polar surface area (TPSA) is 69.7 Å². The number of nitrogens with zero attached hydrogens (tertiary/aromatic N) is 2. The predicted molar refractivity (Wildman–Crippen MR) is 108 cm³/mol. The summed E-state index contributed by atoms with van der Waals surface area (Å²) < 4.78 is 27.8. The van der Waals surface area contributed by atoms with Gasteiger partial charge in [-0.3, -0.25) is 4.79 Å². The molecular formula is C20H33N3O3S. The standard InChI is InChI=1S/C20H33N3O3S/c1-4-5-6-12-23(13-9-20(24)22-14-10-21-11-15-22)27(25,26)19-8-7-17(2)18(3)16-19/h7-8,16,21H,4-6,9-15H2,1-3H3. The first-order chi connectivity index (χ1) is 12.9. The molecule has 1 fully saturated rings. The van der Waals surface area contributed by atoms with Crippen LogP contribution in [0.1, 0.15) is 43.7 Å². The second-order valence-electron chi connectivity index (χ2n) is 7.24. The second kappa shape index (κ2) is 10.2. The Bertz CT molecular complexity index is 728. The van der Waals surface area contributed by atoms with Gasteiger partial charge in [-0.2, -0.15) is 4.31 Å². The zero-order valence-corrected chi connectivity index (χ0v) is 17.6. The number of hydrogen-bond donors (Lipinski definition) is 1. The molecular weight excluding hydrogens is 362 g/mol. The van der Waals surface area contributed by atoms with Gasteiger partial charge in [0, 0.05) is 45.7 Å². The highest BCUT2D eigenvalue weighted by molar-refractivity contribution is 7.89. The normalized spacial score (nSPS) is 15.3. The van der Waals surface area contributed by atoms with Crippen molar-refractivity contribution in [2.45, 2.75) is 51.3 Å². The van der Waals surface area contributed by atoms with Gasteiger partial charge in [0.05, 0.1) is 4.90 Å². The van der Waals surface area contributed by atoms with Crippen LogP contribution >= 0.6 is 0 Å². The molecule has 1 amide bonds. The zero-order valence-electron chi connectivity index (χ0n) is 16.8. The molecule has 0 unspecified atom stereocenters. The molecule has 1 aliphatic rings. The van der Waals surface area contributed by atoms with Crippen molar-refractivity contribution < 1.29 is 13.2 Å². The number of hydrogen-bond acceptors (Lipinski definition) is 4. The maximum absolute atomic E-state index is 13.2. The molecule has 0 radical (unpaired) electrons. The summed E-state index contributed by atoms with van der Waals surface area (Å²) in [7, 11) is -3.60. The maximum atomic E-state index is 13.2. The monoisotopic (exact) mass is 395 g/mol. The smallest absolute Gasteiger partial charge is 0.243 e. The largest absolute Gasteiger partial charge is 0.340 e. The number of rotatable bonds is 9. The minimum absolute atomic E-state index is 0.0345. The number of nitrogens with one attached hydrogen (secondary N) is 1. The Morgan fingerprint density at radius 3 is 2.44 bits per heavy atom. The predicted octanol–water partition coefficient (Wildman–Crippen LogP) is 2.31. The quantitative estimate of drug-likeness (QED) is 0.652. The number of piperazine rings is 1. The number of amides is 1. The molecule has 0 atom stereocenters. The van der Waals surface area contributed by atoms with E-state index in [1.807, 2.05) is 24.8 Å². The first kappa shape index (κ1) is 21.9. The lowest BCUT2D eigenvalue weighted by molar-refractivity contribution is -0.131. The fraction of sp³-hybridized carbons (Fsp3) is 0.650. The van der Waals surface area contributed by atoms with E-state index in [9.17, 15) is 13.2 Å². The number of benzene rings is 1. The number of sulfonamides is 1. The van der Waals surface area contributed by atoms with Crippen LogP contribution in [0.5, 0.6) is 0 Å². The number of unbranched alkanes of at least 4 members (excludes halogenated alkanes) is 2. The van der Waals surface area contributed by atoms with Crippen LogP contribution in [0, 0.1) is 13.8 Å². The van der Waals surface area contributed by atoms with Crippen LogP contribution in [0.15, 0.2) is 23.1 Å². The molecule has 1 aromatic carbocycles. The molecule has 1 saturated heterocycles. The first-order valence-electron chi connectivity index (χ1n) is 9.92. The SMILES string of the molecule is CCCCCN(CCC(=O)N1CCNCC1)S(=O)(=O)c1ccc(C)c(C)c1. The number of aryl methyl sites for hydroxylation is 2. The Labute approximate surface area is 164 Å². The van der Waals surface area contributed by atoms with Crippen LogP contribution in [0.4, 0.5) is 0 Å². The molecule has 27 heavy (non-hydrogen) atoms. The van der Waals surface area contributed by atoms with E-state index in [0.717, 1.165) is 43.5 Å². The van der Waals surface area contributed by atoms with Crippen molar-refractivity contribution in [1.82, 2.24) is 14.5 Å². The summed E-state index contributed by atoms with van der Waals surface area (Å²) in [5.41, 5.74) is 2.03. The van der Waals surface area contributed by atoms with Gasteiger partial charge in [-0.1, -0.05) is 25.8 Å². The second-order valence-corrected chi connectivity index (χ2v) is 9.18. The van der Waals surface area contributed by atoms with Crippen molar-refractivity contribution in [2.75, 3.05) is 39.3 Å². The van der Waals surface area contributed by atoms with E-state index in [4.69, 9.17) is 0 Å². The van der Waals surface area contributed by atoms with E-state index in [1.54, 1.807) is 12.1 Å².